The molecule has 0 radical (unpaired) electrons. The van der Waals surface area contributed by atoms with Gasteiger partial charge in [-0.25, -0.2) is 9.18 Å². The summed E-state index contributed by atoms with van der Waals surface area (Å²) in [5, 5.41) is 0. The number of aromatic nitrogens is 2. The van der Waals surface area contributed by atoms with Crippen molar-refractivity contribution in [2.45, 2.75) is 0 Å². The molecule has 0 unspecified atom stereocenters. The fourth-order valence-corrected chi connectivity index (χ4v) is 2.45. The molecular weight excluding hydrogens is 271 g/mol. The standard InChI is InChI=1S/C16H13FN2O2/c1-18-13-8-7-10(9-14(13)19(2)16(18)21)15(20)11-5-3-4-6-12(11)17/h3-9H,1-2H3. The number of hydrogen-bond acceptors (Lipinski definition) is 2. The second-order valence-electron chi connectivity index (χ2n) is 4.91. The van der Waals surface area contributed by atoms with Crippen LogP contribution < -0.4 is 5.69 Å². The highest BCUT2D eigenvalue weighted by Gasteiger charge is 2.16. The van der Waals surface area contributed by atoms with Gasteiger partial charge in [0.2, 0.25) is 0 Å². The zero-order chi connectivity index (χ0) is 15.1. The van der Waals surface area contributed by atoms with E-state index in [1.807, 2.05) is 0 Å². The van der Waals surface area contributed by atoms with Crippen molar-refractivity contribution in [2.24, 2.45) is 14.1 Å². The van der Waals surface area contributed by atoms with Crippen LogP contribution in [0.15, 0.2) is 47.3 Å². The summed E-state index contributed by atoms with van der Waals surface area (Å²) >= 11 is 0. The maximum atomic E-state index is 13.7. The van der Waals surface area contributed by atoms with E-state index in [2.05, 4.69) is 0 Å². The number of halogens is 1. The van der Waals surface area contributed by atoms with E-state index >= 15 is 0 Å². The number of aryl methyl sites for hydroxylation is 2. The molecule has 0 saturated heterocycles. The Bertz CT molecular complexity index is 922. The van der Waals surface area contributed by atoms with E-state index < -0.39 is 11.6 Å². The minimum atomic E-state index is -0.551. The Labute approximate surface area is 120 Å². The first-order chi connectivity index (χ1) is 10.0. The van der Waals surface area contributed by atoms with Crippen LogP contribution in [0.4, 0.5) is 4.39 Å². The Hall–Kier alpha value is -2.69. The SMILES string of the molecule is Cn1c(=O)n(C)c2cc(C(=O)c3ccccc3F)ccc21. The normalized spacial score (nSPS) is 11.0. The Balaban J connectivity index is 2.18. The number of imidazole rings is 1. The summed E-state index contributed by atoms with van der Waals surface area (Å²) < 4.78 is 16.7. The lowest BCUT2D eigenvalue weighted by Crippen LogP contribution is -2.19. The van der Waals surface area contributed by atoms with Gasteiger partial charge < -0.3 is 0 Å². The van der Waals surface area contributed by atoms with Crippen LogP contribution in [0, 0.1) is 5.82 Å². The largest absolute Gasteiger partial charge is 0.328 e. The van der Waals surface area contributed by atoms with E-state index in [0.29, 0.717) is 11.1 Å². The molecular formula is C16H13FN2O2. The van der Waals surface area contributed by atoms with Gasteiger partial charge in [-0.1, -0.05) is 12.1 Å². The smallest absolute Gasteiger partial charge is 0.295 e. The average molecular weight is 284 g/mol. The Morgan fingerprint density at radius 3 is 2.38 bits per heavy atom. The van der Waals surface area contributed by atoms with E-state index in [1.165, 1.54) is 27.3 Å². The van der Waals surface area contributed by atoms with Crippen LogP contribution in [0.5, 0.6) is 0 Å². The molecule has 21 heavy (non-hydrogen) atoms. The Morgan fingerprint density at radius 2 is 1.67 bits per heavy atom. The molecule has 1 aromatic heterocycles. The molecule has 0 spiro atoms. The van der Waals surface area contributed by atoms with Gasteiger partial charge in [0.25, 0.3) is 0 Å². The Morgan fingerprint density at radius 1 is 1.00 bits per heavy atom. The Kier molecular flexibility index (Phi) is 2.97. The molecule has 0 N–H and O–H groups in total. The van der Waals surface area contributed by atoms with Crippen molar-refractivity contribution in [3.8, 4) is 0 Å². The summed E-state index contributed by atoms with van der Waals surface area (Å²) in [5.74, 6) is -0.948. The van der Waals surface area contributed by atoms with Crippen LogP contribution in [0.2, 0.25) is 0 Å². The molecule has 0 saturated carbocycles. The van der Waals surface area contributed by atoms with Crippen molar-refractivity contribution in [3.63, 3.8) is 0 Å². The third-order valence-electron chi connectivity index (χ3n) is 3.65. The monoisotopic (exact) mass is 284 g/mol. The van der Waals surface area contributed by atoms with Gasteiger partial charge in [0.15, 0.2) is 5.78 Å². The zero-order valence-corrected chi connectivity index (χ0v) is 11.6. The molecule has 2 aromatic carbocycles. The molecule has 4 nitrogen and oxygen atoms in total. The maximum absolute atomic E-state index is 13.7. The molecule has 1 heterocycles. The van der Waals surface area contributed by atoms with Crippen LogP contribution >= 0.6 is 0 Å². The molecule has 0 fully saturated rings. The van der Waals surface area contributed by atoms with E-state index in [0.717, 1.165) is 5.52 Å². The van der Waals surface area contributed by atoms with E-state index in [-0.39, 0.29) is 11.3 Å². The number of rotatable bonds is 2. The van der Waals surface area contributed by atoms with Crippen LogP contribution in [-0.2, 0) is 14.1 Å². The predicted octanol–water partition coefficient (Wildman–Crippen LogP) is 2.25. The van der Waals surface area contributed by atoms with Gasteiger partial charge in [0.1, 0.15) is 5.82 Å². The minimum absolute atomic E-state index is 0.0257. The van der Waals surface area contributed by atoms with Crippen LogP contribution in [0.1, 0.15) is 15.9 Å². The van der Waals surface area contributed by atoms with Crippen molar-refractivity contribution in [2.75, 3.05) is 0 Å². The summed E-state index contributed by atoms with van der Waals surface area (Å²) in [4.78, 5) is 24.3. The van der Waals surface area contributed by atoms with Gasteiger partial charge in [0, 0.05) is 19.7 Å². The summed E-state index contributed by atoms with van der Waals surface area (Å²) in [6, 6.07) is 10.8. The van der Waals surface area contributed by atoms with Crippen molar-refractivity contribution in [1.82, 2.24) is 9.13 Å². The number of hydrogen-bond donors (Lipinski definition) is 0. The molecule has 106 valence electrons. The third kappa shape index (κ3) is 1.98. The van der Waals surface area contributed by atoms with E-state index in [4.69, 9.17) is 0 Å². The number of nitrogens with zero attached hydrogens (tertiary/aromatic N) is 2. The molecule has 0 amide bonds. The van der Waals surface area contributed by atoms with Crippen molar-refractivity contribution in [3.05, 3.63) is 69.9 Å². The molecule has 3 rings (SSSR count). The predicted molar refractivity (Wildman–Crippen MR) is 78.0 cm³/mol. The summed E-state index contributed by atoms with van der Waals surface area (Å²) in [6.45, 7) is 0. The second-order valence-corrected chi connectivity index (χ2v) is 4.91. The van der Waals surface area contributed by atoms with E-state index in [1.54, 1.807) is 38.4 Å². The fraction of sp³-hybridized carbons (Fsp3) is 0.125. The molecule has 0 aliphatic carbocycles. The maximum Gasteiger partial charge on any atom is 0.328 e. The van der Waals surface area contributed by atoms with E-state index in [9.17, 15) is 14.0 Å². The first-order valence-electron chi connectivity index (χ1n) is 6.45. The highest BCUT2D eigenvalue weighted by molar-refractivity contribution is 6.10. The average Bonchev–Trinajstić information content (AvgIpc) is 2.71. The number of ketones is 1. The third-order valence-corrected chi connectivity index (χ3v) is 3.65. The number of fused-ring (bicyclic) bond motifs is 1. The first kappa shape index (κ1) is 13.3. The molecule has 3 aromatic rings. The zero-order valence-electron chi connectivity index (χ0n) is 11.6. The molecule has 5 heteroatoms. The summed E-state index contributed by atoms with van der Waals surface area (Å²) in [7, 11) is 3.31. The van der Waals surface area contributed by atoms with Gasteiger partial charge in [0.05, 0.1) is 16.6 Å². The minimum Gasteiger partial charge on any atom is -0.295 e. The van der Waals surface area contributed by atoms with Gasteiger partial charge >= 0.3 is 5.69 Å². The van der Waals surface area contributed by atoms with Gasteiger partial charge in [-0.15, -0.1) is 0 Å². The molecule has 0 aliphatic heterocycles. The lowest BCUT2D eigenvalue weighted by molar-refractivity contribution is 0.103. The number of carbonyl (C=O) groups excluding carboxylic acids is 1. The number of benzene rings is 2. The summed E-state index contributed by atoms with van der Waals surface area (Å²) in [5.41, 5.74) is 1.59. The highest BCUT2D eigenvalue weighted by atomic mass is 19.1. The first-order valence-corrected chi connectivity index (χ1v) is 6.45. The second kappa shape index (κ2) is 4.70. The van der Waals surface area contributed by atoms with Crippen molar-refractivity contribution >= 4 is 16.8 Å². The van der Waals surface area contributed by atoms with Gasteiger partial charge in [-0.2, -0.15) is 0 Å². The van der Waals surface area contributed by atoms with Crippen LogP contribution in [0.25, 0.3) is 11.0 Å². The van der Waals surface area contributed by atoms with Crippen LogP contribution in [-0.4, -0.2) is 14.9 Å². The molecule has 0 bridgehead atoms. The van der Waals surface area contributed by atoms with Gasteiger partial charge in [-0.3, -0.25) is 13.9 Å². The van der Waals surface area contributed by atoms with Crippen molar-refractivity contribution < 1.29 is 9.18 Å². The fourth-order valence-electron chi connectivity index (χ4n) is 2.45. The molecule has 0 aliphatic rings. The lowest BCUT2D eigenvalue weighted by Gasteiger charge is -2.03. The van der Waals surface area contributed by atoms with Gasteiger partial charge in [-0.05, 0) is 30.3 Å². The van der Waals surface area contributed by atoms with Crippen molar-refractivity contribution in [1.29, 1.82) is 0 Å². The quantitative estimate of drug-likeness (QED) is 0.677. The molecule has 0 atom stereocenters. The number of carbonyl (C=O) groups is 1. The summed E-state index contributed by atoms with van der Waals surface area (Å²) in [6.07, 6.45) is 0. The lowest BCUT2D eigenvalue weighted by atomic mass is 10.0. The highest BCUT2D eigenvalue weighted by Crippen LogP contribution is 2.18. The van der Waals surface area contributed by atoms with Crippen LogP contribution in [0.3, 0.4) is 0 Å². The topological polar surface area (TPSA) is 44.0 Å².